The predicted molar refractivity (Wildman–Crippen MR) is 228 cm³/mol. The van der Waals surface area contributed by atoms with E-state index in [-0.39, 0.29) is 47.2 Å². The minimum atomic E-state index is -0.801. The number of nitrogens with zero attached hydrogens (tertiary/aromatic N) is 1. The van der Waals surface area contributed by atoms with Gasteiger partial charge >= 0.3 is 5.97 Å². The lowest BCUT2D eigenvalue weighted by molar-refractivity contribution is -0.197. The fourth-order valence-electron chi connectivity index (χ4n) is 11.0. The molecule has 8 atom stereocenters. The number of fused-ring (bicyclic) bond motifs is 7. The van der Waals surface area contributed by atoms with Crippen LogP contribution in [0.2, 0.25) is 0 Å². The van der Waals surface area contributed by atoms with Crippen LogP contribution >= 0.6 is 0 Å². The second-order valence-electron chi connectivity index (χ2n) is 19.5. The van der Waals surface area contributed by atoms with Gasteiger partial charge in [-0.15, -0.1) is 0 Å². The van der Waals surface area contributed by atoms with Crippen molar-refractivity contribution in [3.05, 3.63) is 131 Å². The maximum Gasteiger partial charge on any atom is 0.331 e. The summed E-state index contributed by atoms with van der Waals surface area (Å²) in [5.74, 6) is 0.849. The summed E-state index contributed by atoms with van der Waals surface area (Å²) in [7, 11) is 0. The van der Waals surface area contributed by atoms with Gasteiger partial charge in [0.15, 0.2) is 0 Å². The van der Waals surface area contributed by atoms with Crippen LogP contribution in [0.3, 0.4) is 0 Å². The Hall–Kier alpha value is -3.55. The van der Waals surface area contributed by atoms with Crippen molar-refractivity contribution in [2.24, 2.45) is 28.6 Å². The smallest absolute Gasteiger partial charge is 0.331 e. The van der Waals surface area contributed by atoms with Crippen LogP contribution in [0, 0.1) is 28.6 Å². The highest BCUT2D eigenvalue weighted by Gasteiger charge is 2.73. The number of hydrogen-bond acceptors (Lipinski definition) is 6. The first-order valence-corrected chi connectivity index (χ1v) is 21.6. The Balaban J connectivity index is 1.08. The maximum atomic E-state index is 12.3. The van der Waals surface area contributed by atoms with E-state index in [0.29, 0.717) is 18.4 Å². The molecule has 3 aromatic rings. The number of ether oxygens (including phenoxy) is 3. The summed E-state index contributed by atoms with van der Waals surface area (Å²) >= 11 is 0. The Kier molecular flexibility index (Phi) is 12.1. The first kappa shape index (κ1) is 41.6. The van der Waals surface area contributed by atoms with Crippen LogP contribution in [0.15, 0.2) is 114 Å². The lowest BCUT2D eigenvalue weighted by Crippen LogP contribution is -2.42. The predicted octanol–water partition coefficient (Wildman–Crippen LogP) is 11.6. The van der Waals surface area contributed by atoms with Gasteiger partial charge in [-0.1, -0.05) is 150 Å². The Morgan fingerprint density at radius 3 is 2.02 bits per heavy atom. The van der Waals surface area contributed by atoms with Crippen molar-refractivity contribution in [1.82, 2.24) is 5.06 Å². The molecule has 0 aromatic heterocycles. The first-order valence-electron chi connectivity index (χ1n) is 21.6. The van der Waals surface area contributed by atoms with Crippen molar-refractivity contribution in [1.29, 1.82) is 0 Å². The molecule has 2 aliphatic heterocycles. The van der Waals surface area contributed by atoms with Gasteiger partial charge in [0.05, 0.1) is 30.8 Å². The molecular weight excluding hydrogens is 707 g/mol. The van der Waals surface area contributed by atoms with Gasteiger partial charge in [0.25, 0.3) is 0 Å². The Bertz CT molecular complexity index is 1780. The van der Waals surface area contributed by atoms with Crippen LogP contribution in [-0.4, -0.2) is 47.7 Å². The van der Waals surface area contributed by atoms with Gasteiger partial charge in [-0.25, -0.2) is 4.79 Å². The van der Waals surface area contributed by atoms with Crippen molar-refractivity contribution in [3.63, 3.8) is 0 Å². The van der Waals surface area contributed by atoms with E-state index in [4.69, 9.17) is 19.0 Å². The quantitative estimate of drug-likeness (QED) is 0.0504. The molecule has 2 heterocycles. The first-order chi connectivity index (χ1) is 27.1. The molecule has 2 bridgehead atoms. The van der Waals surface area contributed by atoms with Crippen LogP contribution in [0.25, 0.3) is 0 Å². The van der Waals surface area contributed by atoms with Crippen molar-refractivity contribution in [2.75, 3.05) is 6.61 Å². The summed E-state index contributed by atoms with van der Waals surface area (Å²) in [5.41, 5.74) is 4.58. The van der Waals surface area contributed by atoms with E-state index in [2.05, 4.69) is 137 Å². The largest absolute Gasteiger partial charge is 0.457 e. The number of unbranched alkanes of at least 4 members (excludes halogenated alkanes) is 1. The zero-order valence-corrected chi connectivity index (χ0v) is 36.0. The highest BCUT2D eigenvalue weighted by atomic mass is 16.8. The number of carbonyl (C=O) groups excluding carboxylic acids is 1. The molecule has 57 heavy (non-hydrogen) atoms. The van der Waals surface area contributed by atoms with Gasteiger partial charge < -0.3 is 14.2 Å². The molecule has 4 aliphatic rings. The van der Waals surface area contributed by atoms with Gasteiger partial charge in [0, 0.05) is 11.5 Å². The second kappa shape index (κ2) is 16.6. The number of rotatable bonds is 15. The zero-order valence-electron chi connectivity index (χ0n) is 36.0. The summed E-state index contributed by atoms with van der Waals surface area (Å²) in [6, 6.07) is 32.4. The van der Waals surface area contributed by atoms with Crippen LogP contribution in [0.5, 0.6) is 0 Å². The average molecular weight is 774 g/mol. The number of hydrogen-bond donors (Lipinski definition) is 0. The molecule has 6 nitrogen and oxygen atoms in total. The summed E-state index contributed by atoms with van der Waals surface area (Å²) in [5, 5.41) is 2.32. The van der Waals surface area contributed by atoms with Crippen LogP contribution in [0.1, 0.15) is 124 Å². The van der Waals surface area contributed by atoms with E-state index in [1.807, 2.05) is 27.7 Å². The maximum absolute atomic E-state index is 12.3. The van der Waals surface area contributed by atoms with E-state index in [0.717, 1.165) is 54.4 Å². The SMILES string of the molecule is CC(=C\C(=O)OC(C)(C)C)/C=C(\C)C[C@H](C)CCCC[C@H]1ON2C(OC3[C@@H]2C2CCC3(C)C2(C)C)[C@@H]1COC(c1ccccc1)(c1ccccc1)c1ccccc1. The van der Waals surface area contributed by atoms with Crippen LogP contribution in [-0.2, 0) is 29.4 Å². The zero-order chi connectivity index (χ0) is 40.6. The number of esters is 1. The molecule has 306 valence electrons. The van der Waals surface area contributed by atoms with E-state index < -0.39 is 11.2 Å². The Morgan fingerprint density at radius 2 is 1.46 bits per heavy atom. The number of allylic oxidation sites excluding steroid dienone is 3. The molecule has 0 N–H and O–H groups in total. The molecule has 2 aliphatic carbocycles. The molecule has 3 aromatic carbocycles. The molecule has 2 saturated carbocycles. The lowest BCUT2D eigenvalue weighted by atomic mass is 9.70. The summed E-state index contributed by atoms with van der Waals surface area (Å²) < 4.78 is 20.2. The molecule has 4 unspecified atom stereocenters. The summed E-state index contributed by atoms with van der Waals surface area (Å²) in [6.07, 6.45) is 11.5. The van der Waals surface area contributed by atoms with E-state index in [9.17, 15) is 4.79 Å². The average Bonchev–Trinajstić information content (AvgIpc) is 3.82. The molecule has 0 amide bonds. The molecule has 7 rings (SSSR count). The Labute approximate surface area is 343 Å². The normalized spacial score (nSPS) is 29.0. The third-order valence-electron chi connectivity index (χ3n) is 14.0. The fraction of sp³-hybridized carbons (Fsp3) is 0.549. The molecule has 4 fully saturated rings. The minimum absolute atomic E-state index is 0.00333. The number of hydroxylamine groups is 2. The minimum Gasteiger partial charge on any atom is -0.457 e. The van der Waals surface area contributed by atoms with Crippen molar-refractivity contribution in [3.8, 4) is 0 Å². The van der Waals surface area contributed by atoms with E-state index in [1.54, 1.807) is 6.08 Å². The third kappa shape index (κ3) is 8.22. The van der Waals surface area contributed by atoms with Crippen molar-refractivity contribution < 1.29 is 23.8 Å². The van der Waals surface area contributed by atoms with Crippen molar-refractivity contribution in [2.45, 2.75) is 143 Å². The summed E-state index contributed by atoms with van der Waals surface area (Å²) in [6.45, 7) is 20.0. The molecular formula is C51H67NO5. The van der Waals surface area contributed by atoms with E-state index in [1.165, 1.54) is 18.4 Å². The monoisotopic (exact) mass is 774 g/mol. The van der Waals surface area contributed by atoms with E-state index >= 15 is 0 Å². The lowest BCUT2D eigenvalue weighted by Gasteiger charge is -2.39. The van der Waals surface area contributed by atoms with Crippen LogP contribution in [0.4, 0.5) is 0 Å². The number of benzene rings is 3. The molecule has 0 spiro atoms. The van der Waals surface area contributed by atoms with Gasteiger partial charge in [-0.2, -0.15) is 5.06 Å². The Morgan fingerprint density at radius 1 is 0.877 bits per heavy atom. The molecule has 2 saturated heterocycles. The standard InChI is InChI=1S/C51H67NO5/c1-35(31-36(2)32-37(3)33-44(53)56-48(4,5)6)21-19-20-28-43-41(47-52(57-43)45-42-29-30-50(9,46(45)55-47)49(42,7)8)34-54-51(38-22-13-10-14-23-38,39-24-15-11-16-25-39)40-26-17-12-18-27-40/h10-18,22-27,32-33,35,41-43,45-47H,19-21,28-31,34H2,1-9H3/b36-32+,37-33+/t35-,41-,42?,43-,45+,46?,47?,50?/m1/s1. The van der Waals surface area contributed by atoms with Crippen molar-refractivity contribution >= 4 is 5.97 Å². The van der Waals surface area contributed by atoms with Gasteiger partial charge in [0.2, 0.25) is 0 Å². The fourth-order valence-corrected chi connectivity index (χ4v) is 11.0. The highest BCUT2D eigenvalue weighted by Crippen LogP contribution is 2.70. The number of carbonyl (C=O) groups is 1. The topological polar surface area (TPSA) is 57.2 Å². The second-order valence-corrected chi connectivity index (χ2v) is 19.5. The molecule has 6 heteroatoms. The van der Waals surface area contributed by atoms with Gasteiger partial charge in [0.1, 0.15) is 17.4 Å². The summed E-state index contributed by atoms with van der Waals surface area (Å²) in [4.78, 5) is 19.4. The van der Waals surface area contributed by atoms with Gasteiger partial charge in [-0.05, 0) is 99.8 Å². The highest BCUT2D eigenvalue weighted by molar-refractivity contribution is 5.83. The molecule has 0 radical (unpaired) electrons. The van der Waals surface area contributed by atoms with Crippen LogP contribution < -0.4 is 0 Å². The van der Waals surface area contributed by atoms with Gasteiger partial charge in [-0.3, -0.25) is 4.84 Å². The third-order valence-corrected chi connectivity index (χ3v) is 14.0.